The number of hydrogen-bond acceptors (Lipinski definition) is 7. The van der Waals surface area contributed by atoms with E-state index in [9.17, 15) is 18.7 Å². The third-order valence-corrected chi connectivity index (χ3v) is 7.21. The number of pyridine rings is 1. The van der Waals surface area contributed by atoms with E-state index in [-0.39, 0.29) is 35.8 Å². The van der Waals surface area contributed by atoms with Gasteiger partial charge in [0.1, 0.15) is 11.9 Å². The normalized spacial score (nSPS) is 21.6. The van der Waals surface area contributed by atoms with Crippen LogP contribution in [0.5, 0.6) is 0 Å². The molecule has 1 aromatic carbocycles. The molecule has 0 saturated carbocycles. The fourth-order valence-electron chi connectivity index (χ4n) is 5.26. The van der Waals surface area contributed by atoms with Crippen molar-refractivity contribution in [3.05, 3.63) is 52.2 Å². The molecule has 4 heterocycles. The SMILES string of the molecule is CC(C)n1c(CN2CCC(F)CC2)cc(=O)c2ccc(-c3nc(N[C@@H]4CCOC[C@H]4O)ncc3F)cc21. The van der Waals surface area contributed by atoms with Gasteiger partial charge in [0.25, 0.3) is 0 Å². The molecule has 2 fully saturated rings. The molecular weight excluding hydrogens is 480 g/mol. The van der Waals surface area contributed by atoms with Gasteiger partial charge in [-0.25, -0.2) is 18.7 Å². The van der Waals surface area contributed by atoms with Gasteiger partial charge in [-0.05, 0) is 45.2 Å². The molecule has 0 radical (unpaired) electrons. The number of likely N-dealkylation sites (tertiary alicyclic amines) is 1. The first-order valence-corrected chi connectivity index (χ1v) is 12.9. The summed E-state index contributed by atoms with van der Waals surface area (Å²) in [6.07, 6.45) is 1.22. The number of hydrogen-bond donors (Lipinski definition) is 2. The third-order valence-electron chi connectivity index (χ3n) is 7.21. The van der Waals surface area contributed by atoms with Gasteiger partial charge >= 0.3 is 0 Å². The van der Waals surface area contributed by atoms with Gasteiger partial charge in [-0.3, -0.25) is 9.69 Å². The van der Waals surface area contributed by atoms with Crippen LogP contribution >= 0.6 is 0 Å². The lowest BCUT2D eigenvalue weighted by atomic mass is 10.0. The van der Waals surface area contributed by atoms with E-state index in [2.05, 4.69) is 24.8 Å². The number of ether oxygens (including phenoxy) is 1. The Balaban J connectivity index is 1.52. The Morgan fingerprint density at radius 3 is 2.73 bits per heavy atom. The van der Waals surface area contributed by atoms with Crippen LogP contribution < -0.4 is 10.7 Å². The van der Waals surface area contributed by atoms with E-state index in [0.717, 1.165) is 11.9 Å². The molecule has 2 saturated heterocycles. The number of piperidine rings is 1. The fourth-order valence-corrected chi connectivity index (χ4v) is 5.26. The van der Waals surface area contributed by atoms with Crippen LogP contribution in [0, 0.1) is 5.82 Å². The summed E-state index contributed by atoms with van der Waals surface area (Å²) >= 11 is 0. The number of rotatable bonds is 6. The molecule has 2 aliphatic rings. The molecule has 0 unspecified atom stereocenters. The lowest BCUT2D eigenvalue weighted by Gasteiger charge is -2.30. The maximum atomic E-state index is 14.9. The number of halogens is 2. The van der Waals surface area contributed by atoms with Gasteiger partial charge in [-0.15, -0.1) is 0 Å². The monoisotopic (exact) mass is 513 g/mol. The topological polar surface area (TPSA) is 92.5 Å². The van der Waals surface area contributed by atoms with E-state index >= 15 is 0 Å². The average molecular weight is 514 g/mol. The van der Waals surface area contributed by atoms with E-state index in [4.69, 9.17) is 4.74 Å². The number of nitrogens with one attached hydrogen (secondary N) is 1. The number of alkyl halides is 1. The predicted molar refractivity (Wildman–Crippen MR) is 138 cm³/mol. The zero-order valence-corrected chi connectivity index (χ0v) is 21.2. The predicted octanol–water partition coefficient (Wildman–Crippen LogP) is 3.67. The van der Waals surface area contributed by atoms with Crippen LogP contribution in [0.4, 0.5) is 14.7 Å². The Bertz CT molecular complexity index is 1320. The highest BCUT2D eigenvalue weighted by Gasteiger charge is 2.25. The minimum Gasteiger partial charge on any atom is -0.389 e. The zero-order valence-electron chi connectivity index (χ0n) is 21.2. The van der Waals surface area contributed by atoms with Crippen molar-refractivity contribution in [2.75, 3.05) is 31.6 Å². The summed E-state index contributed by atoms with van der Waals surface area (Å²) in [4.78, 5) is 23.7. The molecular formula is C27H33F2N5O3. The molecule has 0 spiro atoms. The minimum atomic E-state index is -0.764. The molecule has 10 heteroatoms. The van der Waals surface area contributed by atoms with Crippen molar-refractivity contribution >= 4 is 16.9 Å². The maximum Gasteiger partial charge on any atom is 0.223 e. The van der Waals surface area contributed by atoms with Crippen molar-refractivity contribution in [1.82, 2.24) is 19.4 Å². The van der Waals surface area contributed by atoms with Crippen LogP contribution in [0.25, 0.3) is 22.2 Å². The van der Waals surface area contributed by atoms with Crippen molar-refractivity contribution in [3.63, 3.8) is 0 Å². The number of nitrogens with zero attached hydrogens (tertiary/aromatic N) is 4. The smallest absolute Gasteiger partial charge is 0.223 e. The van der Waals surface area contributed by atoms with Crippen molar-refractivity contribution in [2.24, 2.45) is 0 Å². The highest BCUT2D eigenvalue weighted by Crippen LogP contribution is 2.28. The molecule has 3 aromatic rings. The zero-order chi connectivity index (χ0) is 26.1. The molecule has 2 aliphatic heterocycles. The second kappa shape index (κ2) is 10.8. The first-order chi connectivity index (χ1) is 17.8. The Labute approximate surface area is 214 Å². The van der Waals surface area contributed by atoms with Gasteiger partial charge in [-0.1, -0.05) is 6.07 Å². The van der Waals surface area contributed by atoms with Crippen molar-refractivity contribution in [1.29, 1.82) is 0 Å². The van der Waals surface area contributed by atoms with Gasteiger partial charge in [-0.2, -0.15) is 0 Å². The van der Waals surface area contributed by atoms with Gasteiger partial charge in [0.2, 0.25) is 5.95 Å². The highest BCUT2D eigenvalue weighted by atomic mass is 19.1. The van der Waals surface area contributed by atoms with Crippen LogP contribution in [0.15, 0.2) is 35.3 Å². The van der Waals surface area contributed by atoms with Crippen LogP contribution in [-0.2, 0) is 11.3 Å². The number of aromatic nitrogens is 3. The van der Waals surface area contributed by atoms with E-state index < -0.39 is 18.1 Å². The van der Waals surface area contributed by atoms with Crippen molar-refractivity contribution < 1.29 is 18.6 Å². The van der Waals surface area contributed by atoms with E-state index in [1.54, 1.807) is 24.3 Å². The number of aliphatic hydroxyl groups is 1. The largest absolute Gasteiger partial charge is 0.389 e. The number of aliphatic hydroxyl groups excluding tert-OH is 1. The second-order valence-electron chi connectivity index (χ2n) is 10.2. The molecule has 5 rings (SSSR count). The number of benzene rings is 1. The number of fused-ring (bicyclic) bond motifs is 1. The van der Waals surface area contributed by atoms with E-state index in [1.165, 1.54) is 0 Å². The fraction of sp³-hybridized carbons (Fsp3) is 0.519. The summed E-state index contributed by atoms with van der Waals surface area (Å²) in [6.45, 7) is 6.65. The summed E-state index contributed by atoms with van der Waals surface area (Å²) in [5.41, 5.74) is 2.07. The average Bonchev–Trinajstić information content (AvgIpc) is 2.87. The summed E-state index contributed by atoms with van der Waals surface area (Å²) in [5, 5.41) is 13.8. The first-order valence-electron chi connectivity index (χ1n) is 12.9. The standard InChI is InChI=1S/C27H33F2N5O3/c1-16(2)34-19(14-33-8-5-18(28)6-9-33)12-24(35)20-4-3-17(11-23(20)34)26-21(29)13-30-27(32-26)31-22-7-10-37-15-25(22)36/h3-4,11-13,16,18,22,25,36H,5-10,14-15H2,1-2H3,(H,30,31,32)/t22-,25-/m1/s1. The molecule has 8 nitrogen and oxygen atoms in total. The third kappa shape index (κ3) is 5.51. The van der Waals surface area contributed by atoms with Crippen molar-refractivity contribution in [2.45, 2.75) is 64.0 Å². The highest BCUT2D eigenvalue weighted by molar-refractivity contribution is 5.84. The van der Waals surface area contributed by atoms with Crippen LogP contribution in [0.2, 0.25) is 0 Å². The summed E-state index contributed by atoms with van der Waals surface area (Å²) in [5.74, 6) is -0.366. The Hall–Kier alpha value is -2.95. The molecule has 2 atom stereocenters. The summed E-state index contributed by atoms with van der Waals surface area (Å²) in [6, 6.07) is 6.61. The van der Waals surface area contributed by atoms with Gasteiger partial charge in [0.05, 0.1) is 30.5 Å². The second-order valence-corrected chi connectivity index (χ2v) is 10.2. The molecule has 0 aliphatic carbocycles. The molecule has 198 valence electrons. The van der Waals surface area contributed by atoms with Crippen LogP contribution in [0.1, 0.15) is 44.8 Å². The van der Waals surface area contributed by atoms with Crippen LogP contribution in [0.3, 0.4) is 0 Å². The van der Waals surface area contributed by atoms with Crippen LogP contribution in [-0.4, -0.2) is 69.2 Å². The maximum absolute atomic E-state index is 14.9. The van der Waals surface area contributed by atoms with Gasteiger partial charge in [0, 0.05) is 55.0 Å². The lowest BCUT2D eigenvalue weighted by Crippen LogP contribution is -2.42. The Kier molecular flexibility index (Phi) is 7.50. The first kappa shape index (κ1) is 25.7. The van der Waals surface area contributed by atoms with E-state index in [1.807, 2.05) is 13.8 Å². The molecule has 2 aromatic heterocycles. The Morgan fingerprint density at radius 2 is 2.00 bits per heavy atom. The quantitative estimate of drug-likeness (QED) is 0.520. The van der Waals surface area contributed by atoms with Crippen molar-refractivity contribution in [3.8, 4) is 11.3 Å². The Morgan fingerprint density at radius 1 is 1.22 bits per heavy atom. The molecule has 0 bridgehead atoms. The lowest BCUT2D eigenvalue weighted by molar-refractivity contribution is -0.0136. The van der Waals surface area contributed by atoms with Gasteiger partial charge < -0.3 is 19.7 Å². The number of anilines is 1. The molecule has 0 amide bonds. The summed E-state index contributed by atoms with van der Waals surface area (Å²) < 4.78 is 36.0. The molecule has 37 heavy (non-hydrogen) atoms. The minimum absolute atomic E-state index is 0.0366. The van der Waals surface area contributed by atoms with E-state index in [0.29, 0.717) is 62.0 Å². The summed E-state index contributed by atoms with van der Waals surface area (Å²) in [7, 11) is 0. The van der Waals surface area contributed by atoms with Gasteiger partial charge in [0.15, 0.2) is 11.2 Å². The molecule has 2 N–H and O–H groups in total.